The van der Waals surface area contributed by atoms with E-state index in [1.165, 1.54) is 40.7 Å². The van der Waals surface area contributed by atoms with E-state index in [2.05, 4.69) is 21.1 Å². The van der Waals surface area contributed by atoms with Crippen LogP contribution in [0.25, 0.3) is 0 Å². The van der Waals surface area contributed by atoms with Crippen molar-refractivity contribution in [3.8, 4) is 0 Å². The van der Waals surface area contributed by atoms with Gasteiger partial charge in [-0.2, -0.15) is 0 Å². The monoisotopic (exact) mass is 475 g/mol. The predicted molar refractivity (Wildman–Crippen MR) is 134 cm³/mol. The summed E-state index contributed by atoms with van der Waals surface area (Å²) in [7, 11) is 6.71. The van der Waals surface area contributed by atoms with E-state index in [-0.39, 0.29) is 6.99 Å². The Morgan fingerprint density at radius 3 is 2.67 bits per heavy atom. The molecule has 167 valence electrons. The van der Waals surface area contributed by atoms with Gasteiger partial charge in [-0.15, -0.1) is 11.8 Å². The summed E-state index contributed by atoms with van der Waals surface area (Å²) in [6.45, 7) is 9.92. The van der Waals surface area contributed by atoms with Crippen molar-refractivity contribution >= 4 is 58.4 Å². The normalized spacial score (nSPS) is 16.1. The van der Waals surface area contributed by atoms with E-state index in [1.807, 2.05) is 18.7 Å². The molecule has 1 aliphatic heterocycles. The first-order valence-corrected chi connectivity index (χ1v) is 12.2. The molecule has 1 aromatic carbocycles. The van der Waals surface area contributed by atoms with Crippen LogP contribution in [0.3, 0.4) is 0 Å². The molecule has 0 saturated carbocycles. The number of rotatable bonds is 8. The van der Waals surface area contributed by atoms with Crippen LogP contribution in [0, 0.1) is 20.8 Å². The number of aromatic carboxylic acids is 1. The Morgan fingerprint density at radius 1 is 1.63 bits per heavy atom. The fourth-order valence-electron chi connectivity index (χ4n) is 2.27. The summed E-state index contributed by atoms with van der Waals surface area (Å²) >= 11 is 1.93. The van der Waals surface area contributed by atoms with Crippen LogP contribution >= 0.6 is 33.3 Å². The number of hydrogen-bond donors (Lipinski definition) is 3. The molecule has 3 N–H and O–H groups in total. The zero-order chi connectivity index (χ0) is 25.3. The molecule has 1 radical (unpaired) electrons. The first-order chi connectivity index (χ1) is 15.1. The van der Waals surface area contributed by atoms with Crippen molar-refractivity contribution in [2.24, 2.45) is 0 Å². The van der Waals surface area contributed by atoms with Gasteiger partial charge in [-0.05, 0) is 49.6 Å². The summed E-state index contributed by atoms with van der Waals surface area (Å²) in [5, 5.41) is 33.6. The van der Waals surface area contributed by atoms with E-state index in [1.54, 1.807) is 23.8 Å². The van der Waals surface area contributed by atoms with Gasteiger partial charge in [0.15, 0.2) is 0 Å². The van der Waals surface area contributed by atoms with Gasteiger partial charge in [0.25, 0.3) is 5.69 Å². The van der Waals surface area contributed by atoms with Gasteiger partial charge in [0.1, 0.15) is 5.56 Å². The molecule has 11 heteroatoms. The zero-order valence-corrected chi connectivity index (χ0v) is 19.8. The number of carboxylic acids is 1. The maximum absolute atomic E-state index is 11.0. The van der Waals surface area contributed by atoms with Crippen molar-refractivity contribution in [2.45, 2.75) is 61.8 Å². The number of thioether (sulfide) groups is 1. The Kier molecular flexibility index (Phi) is 13.4. The van der Waals surface area contributed by atoms with Crippen molar-refractivity contribution in [3.63, 3.8) is 0 Å². The molecule has 0 aliphatic carbocycles. The van der Waals surface area contributed by atoms with Crippen LogP contribution in [0.5, 0.6) is 0 Å². The van der Waals surface area contributed by atoms with Crippen molar-refractivity contribution in [2.75, 3.05) is 0 Å². The Bertz CT molecular complexity index is 779. The van der Waals surface area contributed by atoms with Gasteiger partial charge in [-0.3, -0.25) is 10.1 Å². The Balaban J connectivity index is -0.000000625. The standard InChI is InChI=1S/C13H16N2O4S2.C6H10S.BHN.2H2/c1-8(14)3-4-9(2)20-21-10-5-6-12(15(18)19)11(7-10)13(16)17;1-5-3-4-6(2)7-5;1-2;;/h5-7,9,14H,3-4H2,1-2H3,(H,16,17);6H,1,3-4H2,2H3;2H;2*1H/i;;;1+2D;. The predicted octanol–water partition coefficient (Wildman–Crippen LogP) is 7.07. The van der Waals surface area contributed by atoms with Gasteiger partial charge < -0.3 is 10.5 Å². The molecule has 1 fully saturated rings. The summed E-state index contributed by atoms with van der Waals surface area (Å²) in [5.41, 5.74) is -0.0612. The molecule has 2 atom stereocenters. The molecule has 1 aliphatic rings. The van der Waals surface area contributed by atoms with E-state index in [0.29, 0.717) is 15.9 Å². The van der Waals surface area contributed by atoms with Gasteiger partial charge in [0.2, 0.25) is 0 Å². The van der Waals surface area contributed by atoms with E-state index in [9.17, 15) is 14.9 Å². The van der Waals surface area contributed by atoms with E-state index < -0.39 is 16.6 Å². The van der Waals surface area contributed by atoms with Gasteiger partial charge in [-0.25, -0.2) is 4.79 Å². The van der Waals surface area contributed by atoms with Gasteiger partial charge in [0.05, 0.1) is 4.92 Å². The molecule has 2 rings (SSSR count). The summed E-state index contributed by atoms with van der Waals surface area (Å²) in [6, 6.07) is 4.10. The number of nitro benzene ring substituents is 1. The van der Waals surface area contributed by atoms with Crippen molar-refractivity contribution < 1.29 is 19.2 Å². The fourth-order valence-corrected chi connectivity index (χ4v) is 5.51. The molecule has 1 saturated heterocycles. The molecule has 0 aromatic heterocycles. The SMILES string of the molecule is C=C1CCC(C)S1.CC(=N)CCC(C)SSc1ccc([N+](=O)[O-])c(C(=O)O)c1.[2H][3H].[B]=N.[HH]. The molecular weight excluding hydrogens is 441 g/mol. The van der Waals surface area contributed by atoms with Crippen LogP contribution in [0.15, 0.2) is 34.6 Å². The molecule has 2 unspecified atom stereocenters. The number of nitrogens with one attached hydrogen (secondary N) is 2. The van der Waals surface area contributed by atoms with Crippen LogP contribution in [0.1, 0.15) is 61.2 Å². The fraction of sp³-hybridized carbons (Fsp3) is 0.474. The molecule has 0 amide bonds. The minimum Gasteiger partial charge on any atom is 0 e. The maximum atomic E-state index is 11.0. The minimum absolute atomic E-state index is 0. The third-order valence-electron chi connectivity index (χ3n) is 3.83. The minimum atomic E-state index is -1.30. The topological polar surface area (TPSA) is 128 Å². The van der Waals surface area contributed by atoms with Gasteiger partial charge >= 0.3 is 18.9 Å². The third kappa shape index (κ3) is 11.6. The number of nitrogens with zero attached hydrogens (tertiary/aromatic N) is 1. The Labute approximate surface area is 195 Å². The molecule has 7 nitrogen and oxygen atoms in total. The second kappa shape index (κ2) is 15.3. The number of carboxylic acid groups (broad SMARTS) is 1. The van der Waals surface area contributed by atoms with Crippen LogP contribution < -0.4 is 0 Å². The zero-order valence-electron chi connectivity index (χ0n) is 19.3. The van der Waals surface area contributed by atoms with E-state index in [0.717, 1.165) is 18.1 Å². The van der Waals surface area contributed by atoms with Crippen LogP contribution in [-0.2, 0) is 0 Å². The number of hydrogen-bond acceptors (Lipinski definition) is 8. The summed E-state index contributed by atoms with van der Waals surface area (Å²) in [5.74, 6) is -1.30. The van der Waals surface area contributed by atoms with Crippen molar-refractivity contribution in [1.29, 1.82) is 10.7 Å². The maximum Gasteiger partial charge on any atom is 0 e. The van der Waals surface area contributed by atoms with Gasteiger partial charge in [-0.1, -0.05) is 42.0 Å². The molecular formula is C19H31BN3O4S3. The largest absolute Gasteiger partial charge is 0 e. The summed E-state index contributed by atoms with van der Waals surface area (Å²) < 4.78 is 10.0. The van der Waals surface area contributed by atoms with Crippen molar-refractivity contribution in [3.05, 3.63) is 45.4 Å². The molecule has 0 spiro atoms. The molecule has 30 heavy (non-hydrogen) atoms. The number of nitro groups is 1. The van der Waals surface area contributed by atoms with Crippen LogP contribution in [-0.4, -0.2) is 39.8 Å². The van der Waals surface area contributed by atoms with E-state index >= 15 is 0 Å². The summed E-state index contributed by atoms with van der Waals surface area (Å²) in [6.07, 6.45) is 4.18. The first kappa shape index (κ1) is 26.5. The number of allylic oxidation sites excluding steroid dienone is 1. The quantitative estimate of drug-likeness (QED) is 0.121. The second-order valence-electron chi connectivity index (χ2n) is 6.56. The second-order valence-corrected chi connectivity index (χ2v) is 10.9. The van der Waals surface area contributed by atoms with Gasteiger partial charge in [0, 0.05) is 31.6 Å². The summed E-state index contributed by atoms with van der Waals surface area (Å²) in [4.78, 5) is 23.2. The molecule has 1 aromatic rings. The average Bonchev–Trinajstić information content (AvgIpc) is 3.16. The van der Waals surface area contributed by atoms with Crippen LogP contribution in [0.2, 0.25) is 0 Å². The Morgan fingerprint density at radius 2 is 2.27 bits per heavy atom. The van der Waals surface area contributed by atoms with Crippen LogP contribution in [0.4, 0.5) is 5.69 Å². The number of benzene rings is 1. The molecule has 1 heterocycles. The first-order valence-electron chi connectivity index (χ1n) is 10.1. The van der Waals surface area contributed by atoms with Crippen molar-refractivity contribution in [1.82, 2.24) is 0 Å². The third-order valence-corrected chi connectivity index (χ3v) is 7.96. The Hall–Kier alpha value is -1.59. The number of carbonyl (C=O) groups is 1. The average molecular weight is 476 g/mol. The smallest absolute Gasteiger partial charge is 0 e. The molecule has 0 bridgehead atoms. The van der Waals surface area contributed by atoms with E-state index in [4.69, 9.17) is 18.8 Å².